The highest BCUT2D eigenvalue weighted by atomic mass is 16.2. The van der Waals surface area contributed by atoms with E-state index in [2.05, 4.69) is 45.4 Å². The van der Waals surface area contributed by atoms with Crippen LogP contribution < -0.4 is 10.6 Å². The van der Waals surface area contributed by atoms with Gasteiger partial charge >= 0.3 is 0 Å². The first-order valence-electron chi connectivity index (χ1n) is 10.1. The van der Waals surface area contributed by atoms with Crippen LogP contribution >= 0.6 is 0 Å². The van der Waals surface area contributed by atoms with Gasteiger partial charge in [0, 0.05) is 49.5 Å². The van der Waals surface area contributed by atoms with E-state index < -0.39 is 0 Å². The van der Waals surface area contributed by atoms with Gasteiger partial charge in [0.1, 0.15) is 11.6 Å². The Bertz CT molecular complexity index is 1180. The van der Waals surface area contributed by atoms with Crippen LogP contribution in [0.3, 0.4) is 0 Å². The number of carbonyl (C=O) groups is 1. The van der Waals surface area contributed by atoms with Gasteiger partial charge in [0.2, 0.25) is 0 Å². The van der Waals surface area contributed by atoms with E-state index in [0.717, 1.165) is 46.1 Å². The van der Waals surface area contributed by atoms with E-state index in [4.69, 9.17) is 0 Å². The van der Waals surface area contributed by atoms with Gasteiger partial charge in [-0.2, -0.15) is 0 Å². The summed E-state index contributed by atoms with van der Waals surface area (Å²) in [4.78, 5) is 22.8. The maximum Gasteiger partial charge on any atom is 0.253 e. The monoisotopic (exact) mass is 411 g/mol. The fourth-order valence-electron chi connectivity index (χ4n) is 3.53. The molecule has 6 nitrogen and oxygen atoms in total. The lowest BCUT2D eigenvalue weighted by Crippen LogP contribution is -2.23. The van der Waals surface area contributed by atoms with E-state index in [1.165, 1.54) is 5.56 Å². The second-order valence-corrected chi connectivity index (χ2v) is 7.72. The molecule has 1 aliphatic carbocycles. The van der Waals surface area contributed by atoms with Gasteiger partial charge in [-0.15, -0.1) is 0 Å². The lowest BCUT2D eigenvalue weighted by Gasteiger charge is -2.16. The van der Waals surface area contributed by atoms with E-state index in [9.17, 15) is 4.79 Å². The van der Waals surface area contributed by atoms with Crippen molar-refractivity contribution in [2.75, 3.05) is 24.7 Å². The number of aromatic nitrogens is 2. The van der Waals surface area contributed by atoms with Crippen LogP contribution in [-0.4, -0.2) is 34.9 Å². The molecule has 0 bridgehead atoms. The first kappa shape index (κ1) is 20.3. The minimum absolute atomic E-state index is 0.0806. The molecule has 0 fully saturated rings. The van der Waals surface area contributed by atoms with Gasteiger partial charge in [-0.05, 0) is 59.9 Å². The van der Waals surface area contributed by atoms with Gasteiger partial charge in [-0.3, -0.25) is 4.79 Å². The summed E-state index contributed by atoms with van der Waals surface area (Å²) in [5.74, 6) is 1.41. The highest BCUT2D eigenvalue weighted by Crippen LogP contribution is 2.35. The van der Waals surface area contributed by atoms with Crippen molar-refractivity contribution in [3.8, 4) is 0 Å². The third-order valence-corrected chi connectivity index (χ3v) is 5.22. The molecule has 156 valence electrons. The number of allylic oxidation sites excluding steroid dienone is 1. The van der Waals surface area contributed by atoms with Gasteiger partial charge in [0.25, 0.3) is 5.91 Å². The van der Waals surface area contributed by atoms with Gasteiger partial charge in [0.15, 0.2) is 0 Å². The topological polar surface area (TPSA) is 70.2 Å². The minimum Gasteiger partial charge on any atom is -0.345 e. The Hall–Kier alpha value is -3.93. The summed E-state index contributed by atoms with van der Waals surface area (Å²) in [6, 6.07) is 13.9. The molecule has 1 aromatic carbocycles. The van der Waals surface area contributed by atoms with Crippen molar-refractivity contribution in [3.05, 3.63) is 89.8 Å². The molecular weight excluding hydrogens is 386 g/mol. The minimum atomic E-state index is -0.0806. The second-order valence-electron chi connectivity index (χ2n) is 7.72. The number of nitrogens with one attached hydrogen (secondary N) is 2. The highest BCUT2D eigenvalue weighted by Gasteiger charge is 2.22. The standard InChI is InChI=1S/C25H25N5O/c1-16-15-27-24(14-22(16)29-23-7-5-6-12-26-23)28-19-10-8-18-9-11-20(21(18)13-19)17(2)25(31)30(3)4/h5-8,10-15H,2,9H2,1,3-4H3,(H2,26,27,28,29). The first-order valence-corrected chi connectivity index (χ1v) is 10.1. The Kier molecular flexibility index (Phi) is 5.54. The van der Waals surface area contributed by atoms with Crippen LogP contribution in [0.25, 0.3) is 5.57 Å². The van der Waals surface area contributed by atoms with Crippen molar-refractivity contribution in [2.45, 2.75) is 13.3 Å². The summed E-state index contributed by atoms with van der Waals surface area (Å²) in [5, 5.41) is 6.71. The van der Waals surface area contributed by atoms with Crippen molar-refractivity contribution in [1.82, 2.24) is 14.9 Å². The zero-order valence-electron chi connectivity index (χ0n) is 17.9. The number of rotatable bonds is 6. The molecule has 0 aliphatic heterocycles. The van der Waals surface area contributed by atoms with Crippen molar-refractivity contribution >= 4 is 34.5 Å². The smallest absolute Gasteiger partial charge is 0.253 e. The number of benzene rings is 1. The number of anilines is 4. The molecule has 6 heteroatoms. The van der Waals surface area contributed by atoms with Gasteiger partial charge in [-0.1, -0.05) is 24.8 Å². The molecule has 4 rings (SSSR count). The molecule has 0 unspecified atom stereocenters. The molecule has 31 heavy (non-hydrogen) atoms. The van der Waals surface area contributed by atoms with E-state index >= 15 is 0 Å². The summed E-state index contributed by atoms with van der Waals surface area (Å²) < 4.78 is 0. The number of carbonyl (C=O) groups excluding carboxylic acids is 1. The predicted molar refractivity (Wildman–Crippen MR) is 126 cm³/mol. The third kappa shape index (κ3) is 4.33. The predicted octanol–water partition coefficient (Wildman–Crippen LogP) is 4.86. The number of pyridine rings is 2. The largest absolute Gasteiger partial charge is 0.345 e. The molecule has 1 aliphatic rings. The lowest BCUT2D eigenvalue weighted by molar-refractivity contribution is -0.124. The molecule has 0 saturated carbocycles. The van der Waals surface area contributed by atoms with E-state index in [0.29, 0.717) is 5.57 Å². The molecule has 2 aromatic heterocycles. The summed E-state index contributed by atoms with van der Waals surface area (Å²) in [6.45, 7) is 6.03. The quantitative estimate of drug-likeness (QED) is 0.567. The molecular formula is C25H25N5O. The van der Waals surface area contributed by atoms with Crippen LogP contribution in [0.5, 0.6) is 0 Å². The Labute approximate surface area is 182 Å². The van der Waals surface area contributed by atoms with Crippen molar-refractivity contribution < 1.29 is 4.79 Å². The zero-order chi connectivity index (χ0) is 22.0. The molecule has 0 radical (unpaired) electrons. The van der Waals surface area contributed by atoms with Crippen molar-refractivity contribution in [1.29, 1.82) is 0 Å². The second kappa shape index (κ2) is 8.44. The Morgan fingerprint density at radius 2 is 1.90 bits per heavy atom. The molecule has 2 heterocycles. The Balaban J connectivity index is 1.57. The van der Waals surface area contributed by atoms with Crippen LogP contribution in [-0.2, 0) is 11.2 Å². The molecule has 3 aromatic rings. The Morgan fingerprint density at radius 1 is 1.06 bits per heavy atom. The van der Waals surface area contributed by atoms with Crippen LogP contribution in [0.1, 0.15) is 16.7 Å². The third-order valence-electron chi connectivity index (χ3n) is 5.22. The summed E-state index contributed by atoms with van der Waals surface area (Å²) in [7, 11) is 3.48. The average molecular weight is 412 g/mol. The number of hydrogen-bond acceptors (Lipinski definition) is 5. The average Bonchev–Trinajstić information content (AvgIpc) is 3.19. The van der Waals surface area contributed by atoms with E-state index in [1.54, 1.807) is 25.2 Å². The SMILES string of the molecule is C=C(C(=O)N(C)C)C1=CCc2ccc(Nc3cc(Nc4ccccn4)c(C)cn3)cc21. The van der Waals surface area contributed by atoms with E-state index in [-0.39, 0.29) is 5.91 Å². The van der Waals surface area contributed by atoms with Crippen molar-refractivity contribution in [2.24, 2.45) is 0 Å². The molecule has 0 saturated heterocycles. The molecule has 1 amide bonds. The van der Waals surface area contributed by atoms with E-state index in [1.807, 2.05) is 43.5 Å². The van der Waals surface area contributed by atoms with Gasteiger partial charge < -0.3 is 15.5 Å². The number of hydrogen-bond donors (Lipinski definition) is 2. The summed E-state index contributed by atoms with van der Waals surface area (Å²) >= 11 is 0. The molecule has 2 N–H and O–H groups in total. The Morgan fingerprint density at radius 3 is 2.65 bits per heavy atom. The summed E-state index contributed by atoms with van der Waals surface area (Å²) in [5.41, 5.74) is 6.48. The molecule has 0 spiro atoms. The fourth-order valence-corrected chi connectivity index (χ4v) is 3.53. The zero-order valence-corrected chi connectivity index (χ0v) is 17.9. The van der Waals surface area contributed by atoms with Crippen LogP contribution in [0.15, 0.2) is 73.1 Å². The first-order chi connectivity index (χ1) is 14.9. The van der Waals surface area contributed by atoms with Gasteiger partial charge in [0.05, 0.1) is 0 Å². The van der Waals surface area contributed by atoms with Crippen LogP contribution in [0.2, 0.25) is 0 Å². The maximum absolute atomic E-state index is 12.4. The van der Waals surface area contributed by atoms with Crippen molar-refractivity contribution in [3.63, 3.8) is 0 Å². The van der Waals surface area contributed by atoms with Crippen LogP contribution in [0, 0.1) is 6.92 Å². The number of amides is 1. The number of nitrogens with zero attached hydrogens (tertiary/aromatic N) is 3. The lowest BCUT2D eigenvalue weighted by atomic mass is 9.99. The molecule has 0 atom stereocenters. The number of likely N-dealkylation sites (N-methyl/N-ethyl adjacent to an activating group) is 1. The highest BCUT2D eigenvalue weighted by molar-refractivity contribution is 6.09. The van der Waals surface area contributed by atoms with Gasteiger partial charge in [-0.25, -0.2) is 9.97 Å². The van der Waals surface area contributed by atoms with Crippen LogP contribution in [0.4, 0.5) is 23.0 Å². The number of fused-ring (bicyclic) bond motifs is 1. The fraction of sp³-hybridized carbons (Fsp3) is 0.160. The normalized spacial score (nSPS) is 12.0. The number of aryl methyl sites for hydroxylation is 1. The summed E-state index contributed by atoms with van der Waals surface area (Å²) in [6.07, 6.45) is 6.44. The maximum atomic E-state index is 12.4.